The SMILES string of the molecule is Fc1ccc(-c2ccnc3[nH]c(-c4n[nH]c5ccc(-c6cncc(OCc7ccccc7)c6)nc45)cc23)s1. The van der Waals surface area contributed by atoms with E-state index in [-0.39, 0.29) is 5.13 Å². The van der Waals surface area contributed by atoms with Gasteiger partial charge in [0.15, 0.2) is 5.13 Å². The number of fused-ring (bicyclic) bond motifs is 2. The van der Waals surface area contributed by atoms with E-state index in [1.165, 1.54) is 6.07 Å². The van der Waals surface area contributed by atoms with Crippen LogP contribution in [-0.4, -0.2) is 30.1 Å². The van der Waals surface area contributed by atoms with Gasteiger partial charge in [0.05, 0.1) is 23.1 Å². The average Bonchev–Trinajstić information content (AvgIpc) is 3.70. The highest BCUT2D eigenvalue weighted by atomic mass is 32.1. The molecule has 0 amide bonds. The van der Waals surface area contributed by atoms with Gasteiger partial charge in [0.1, 0.15) is 29.2 Å². The molecule has 6 heterocycles. The average molecular weight is 519 g/mol. The van der Waals surface area contributed by atoms with Gasteiger partial charge in [-0.15, -0.1) is 11.3 Å². The quantitative estimate of drug-likeness (QED) is 0.247. The van der Waals surface area contributed by atoms with Gasteiger partial charge in [0.25, 0.3) is 0 Å². The molecule has 7 aromatic rings. The van der Waals surface area contributed by atoms with Crippen molar-refractivity contribution in [1.29, 1.82) is 0 Å². The minimum atomic E-state index is -0.222. The summed E-state index contributed by atoms with van der Waals surface area (Å²) in [4.78, 5) is 17.9. The fraction of sp³-hybridized carbons (Fsp3) is 0.0345. The van der Waals surface area contributed by atoms with E-state index in [1.807, 2.05) is 60.7 Å². The van der Waals surface area contributed by atoms with E-state index in [9.17, 15) is 4.39 Å². The Labute approximate surface area is 220 Å². The summed E-state index contributed by atoms with van der Waals surface area (Å²) in [6, 6.07) is 22.9. The van der Waals surface area contributed by atoms with Crippen LogP contribution in [0.5, 0.6) is 5.75 Å². The van der Waals surface area contributed by atoms with E-state index in [2.05, 4.69) is 25.1 Å². The Balaban J connectivity index is 1.24. The highest BCUT2D eigenvalue weighted by molar-refractivity contribution is 7.14. The van der Waals surface area contributed by atoms with Crippen molar-refractivity contribution in [3.05, 3.63) is 102 Å². The smallest absolute Gasteiger partial charge is 0.176 e. The monoisotopic (exact) mass is 518 g/mol. The molecule has 0 unspecified atom stereocenters. The molecule has 9 heteroatoms. The third-order valence-corrected chi connectivity index (χ3v) is 7.20. The standard InChI is InChI=1S/C29H19FN6OS/c30-26-9-8-25(38-26)20-10-11-32-29-21(20)13-24(34-29)28-27-23(35-36-28)7-6-22(33-27)18-12-19(15-31-14-18)37-16-17-4-2-1-3-5-17/h1-15H,16H2,(H,32,34)(H,35,36). The molecule has 0 aliphatic heterocycles. The predicted molar refractivity (Wildman–Crippen MR) is 146 cm³/mol. The van der Waals surface area contributed by atoms with Crippen LogP contribution in [-0.2, 0) is 6.61 Å². The van der Waals surface area contributed by atoms with Crippen LogP contribution in [0.25, 0.3) is 55.2 Å². The maximum Gasteiger partial charge on any atom is 0.176 e. The first-order chi connectivity index (χ1) is 18.7. The number of aromatic amines is 2. The zero-order chi connectivity index (χ0) is 25.5. The van der Waals surface area contributed by atoms with Crippen molar-refractivity contribution >= 4 is 33.4 Å². The molecule has 0 aliphatic carbocycles. The van der Waals surface area contributed by atoms with Crippen molar-refractivity contribution in [2.75, 3.05) is 0 Å². The lowest BCUT2D eigenvalue weighted by molar-refractivity contribution is 0.305. The highest BCUT2D eigenvalue weighted by Crippen LogP contribution is 2.36. The van der Waals surface area contributed by atoms with Gasteiger partial charge in [-0.2, -0.15) is 9.49 Å². The third kappa shape index (κ3) is 4.08. The van der Waals surface area contributed by atoms with E-state index in [4.69, 9.17) is 9.72 Å². The zero-order valence-electron chi connectivity index (χ0n) is 19.9. The first-order valence-corrected chi connectivity index (χ1v) is 12.7. The Morgan fingerprint density at radius 2 is 1.87 bits per heavy atom. The number of halogens is 1. The van der Waals surface area contributed by atoms with E-state index >= 15 is 0 Å². The largest absolute Gasteiger partial charge is 0.487 e. The Kier molecular flexibility index (Phi) is 5.41. The molecule has 7 nitrogen and oxygen atoms in total. The summed E-state index contributed by atoms with van der Waals surface area (Å²) < 4.78 is 19.7. The number of hydrogen-bond acceptors (Lipinski definition) is 6. The van der Waals surface area contributed by atoms with Crippen LogP contribution in [0.2, 0.25) is 0 Å². The van der Waals surface area contributed by atoms with Crippen molar-refractivity contribution in [3.63, 3.8) is 0 Å². The third-order valence-electron chi connectivity index (χ3n) is 6.29. The van der Waals surface area contributed by atoms with Crippen molar-refractivity contribution in [1.82, 2.24) is 30.1 Å². The topological polar surface area (TPSA) is 92.4 Å². The lowest BCUT2D eigenvalue weighted by Gasteiger charge is -2.08. The van der Waals surface area contributed by atoms with Gasteiger partial charge >= 0.3 is 0 Å². The summed E-state index contributed by atoms with van der Waals surface area (Å²) in [6.07, 6.45) is 5.18. The number of hydrogen-bond donors (Lipinski definition) is 2. The maximum atomic E-state index is 13.7. The van der Waals surface area contributed by atoms with Crippen molar-refractivity contribution in [3.8, 4) is 38.8 Å². The van der Waals surface area contributed by atoms with Crippen LogP contribution in [0.3, 0.4) is 0 Å². The van der Waals surface area contributed by atoms with Gasteiger partial charge in [-0.25, -0.2) is 9.97 Å². The summed E-state index contributed by atoms with van der Waals surface area (Å²) in [5, 5.41) is 8.28. The molecule has 0 spiro atoms. The summed E-state index contributed by atoms with van der Waals surface area (Å²) in [7, 11) is 0. The van der Waals surface area contributed by atoms with Crippen molar-refractivity contribution in [2.45, 2.75) is 6.61 Å². The fourth-order valence-corrected chi connectivity index (χ4v) is 5.22. The van der Waals surface area contributed by atoms with E-state index in [0.29, 0.717) is 29.2 Å². The molecular weight excluding hydrogens is 499 g/mol. The Hall–Kier alpha value is -4.89. The summed E-state index contributed by atoms with van der Waals surface area (Å²) in [5.74, 6) is 0.667. The number of nitrogens with zero attached hydrogens (tertiary/aromatic N) is 4. The molecule has 0 radical (unpaired) electrons. The Bertz CT molecular complexity index is 1910. The van der Waals surface area contributed by atoms with Gasteiger partial charge < -0.3 is 9.72 Å². The summed E-state index contributed by atoms with van der Waals surface area (Å²) in [6.45, 7) is 0.457. The van der Waals surface area contributed by atoms with E-state index < -0.39 is 0 Å². The molecule has 184 valence electrons. The molecule has 2 N–H and O–H groups in total. The number of aromatic nitrogens is 6. The summed E-state index contributed by atoms with van der Waals surface area (Å²) >= 11 is 1.11. The molecule has 38 heavy (non-hydrogen) atoms. The van der Waals surface area contributed by atoms with Crippen LogP contribution in [0.1, 0.15) is 5.56 Å². The molecule has 6 aromatic heterocycles. The molecule has 0 fully saturated rings. The molecule has 0 bridgehead atoms. The van der Waals surface area contributed by atoms with Gasteiger partial charge in [0, 0.05) is 33.8 Å². The first kappa shape index (κ1) is 22.3. The first-order valence-electron chi connectivity index (χ1n) is 11.9. The lowest BCUT2D eigenvalue weighted by Crippen LogP contribution is -1.96. The van der Waals surface area contributed by atoms with E-state index in [0.717, 1.165) is 55.2 Å². The van der Waals surface area contributed by atoms with Crippen LogP contribution in [0.4, 0.5) is 4.39 Å². The van der Waals surface area contributed by atoms with Gasteiger partial charge in [0.2, 0.25) is 0 Å². The number of H-pyrrole nitrogens is 2. The molecule has 0 atom stereocenters. The van der Waals surface area contributed by atoms with Gasteiger partial charge in [-0.1, -0.05) is 30.3 Å². The minimum Gasteiger partial charge on any atom is -0.487 e. The second kappa shape index (κ2) is 9.20. The van der Waals surface area contributed by atoms with Crippen molar-refractivity contribution < 1.29 is 9.13 Å². The zero-order valence-corrected chi connectivity index (χ0v) is 20.7. The number of nitrogens with one attached hydrogen (secondary N) is 2. The lowest BCUT2D eigenvalue weighted by atomic mass is 10.1. The molecule has 1 aromatic carbocycles. The molecule has 7 rings (SSSR count). The van der Waals surface area contributed by atoms with E-state index in [1.54, 1.807) is 24.7 Å². The van der Waals surface area contributed by atoms with Gasteiger partial charge in [-0.3, -0.25) is 10.1 Å². The van der Waals surface area contributed by atoms with Gasteiger partial charge in [-0.05, 0) is 48.0 Å². The normalized spacial score (nSPS) is 11.4. The van der Waals surface area contributed by atoms with Crippen molar-refractivity contribution in [2.24, 2.45) is 0 Å². The molecule has 0 saturated heterocycles. The van der Waals surface area contributed by atoms with Crippen LogP contribution >= 0.6 is 11.3 Å². The second-order valence-electron chi connectivity index (χ2n) is 8.76. The Morgan fingerprint density at radius 3 is 2.74 bits per heavy atom. The maximum absolute atomic E-state index is 13.7. The predicted octanol–water partition coefficient (Wildman–Crippen LogP) is 7.01. The van der Waals surface area contributed by atoms with Crippen LogP contribution < -0.4 is 4.74 Å². The fourth-order valence-electron chi connectivity index (χ4n) is 4.45. The second-order valence-corrected chi connectivity index (χ2v) is 9.79. The number of benzene rings is 1. The van der Waals surface area contributed by atoms with Crippen LogP contribution in [0, 0.1) is 5.13 Å². The minimum absolute atomic E-state index is 0.222. The molecule has 0 aliphatic rings. The molecule has 0 saturated carbocycles. The number of ether oxygens (including phenoxy) is 1. The molecular formula is C29H19FN6OS. The number of thiophene rings is 1. The number of rotatable bonds is 6. The highest BCUT2D eigenvalue weighted by Gasteiger charge is 2.17. The summed E-state index contributed by atoms with van der Waals surface area (Å²) in [5.41, 5.74) is 7.25. The van der Waals surface area contributed by atoms with Crippen LogP contribution in [0.15, 0.2) is 91.4 Å². The Morgan fingerprint density at radius 1 is 0.947 bits per heavy atom. The number of pyridine rings is 3.